The highest BCUT2D eigenvalue weighted by atomic mass is 19.1. The van der Waals surface area contributed by atoms with E-state index in [0.29, 0.717) is 28.7 Å². The molecule has 2 amide bonds. The first-order chi connectivity index (χ1) is 12.1. The van der Waals surface area contributed by atoms with Crippen molar-refractivity contribution in [3.05, 3.63) is 59.7 Å². The Morgan fingerprint density at radius 1 is 1.24 bits per heavy atom. The number of benzene rings is 1. The Bertz CT molecular complexity index is 918. The molecule has 0 saturated carbocycles. The lowest BCUT2D eigenvalue weighted by molar-refractivity contribution is -0.115. The zero-order valence-electron chi connectivity index (χ0n) is 13.6. The van der Waals surface area contributed by atoms with Crippen molar-refractivity contribution in [3.8, 4) is 0 Å². The predicted octanol–water partition coefficient (Wildman–Crippen LogP) is 2.98. The fourth-order valence-electron chi connectivity index (χ4n) is 2.39. The van der Waals surface area contributed by atoms with Gasteiger partial charge >= 0.3 is 0 Å². The molecule has 0 unspecified atom stereocenters. The van der Waals surface area contributed by atoms with Crippen LogP contribution in [0, 0.1) is 5.82 Å². The molecule has 0 atom stereocenters. The molecule has 6 nitrogen and oxygen atoms in total. The number of nitrogens with zero attached hydrogens (tertiary/aromatic N) is 1. The minimum atomic E-state index is -0.320. The SMILES string of the molecule is CCC(=O)Nc1cnc2[nH]cc(C(=O)NCc3ccc(F)cc3)c2c1. The number of aromatic amines is 1. The van der Waals surface area contributed by atoms with Crippen LogP contribution in [0.3, 0.4) is 0 Å². The van der Waals surface area contributed by atoms with E-state index in [0.717, 1.165) is 5.56 Å². The van der Waals surface area contributed by atoms with Gasteiger partial charge in [-0.25, -0.2) is 9.37 Å². The van der Waals surface area contributed by atoms with Crippen molar-refractivity contribution in [2.24, 2.45) is 0 Å². The summed E-state index contributed by atoms with van der Waals surface area (Å²) in [5, 5.41) is 6.12. The summed E-state index contributed by atoms with van der Waals surface area (Å²) >= 11 is 0. The van der Waals surface area contributed by atoms with Crippen LogP contribution in [0.15, 0.2) is 42.7 Å². The first kappa shape index (κ1) is 16.6. The van der Waals surface area contributed by atoms with Crippen LogP contribution in [-0.2, 0) is 11.3 Å². The Kier molecular flexibility index (Phi) is 4.74. The largest absolute Gasteiger partial charge is 0.348 e. The fraction of sp³-hybridized carbons (Fsp3) is 0.167. The third-order valence-corrected chi connectivity index (χ3v) is 3.75. The number of carbonyl (C=O) groups excluding carboxylic acids is 2. The number of fused-ring (bicyclic) bond motifs is 1. The normalized spacial score (nSPS) is 10.6. The van der Waals surface area contributed by atoms with E-state index in [1.54, 1.807) is 31.3 Å². The first-order valence-electron chi connectivity index (χ1n) is 7.86. The van der Waals surface area contributed by atoms with Crippen molar-refractivity contribution in [1.82, 2.24) is 15.3 Å². The molecule has 1 aromatic carbocycles. The molecule has 25 heavy (non-hydrogen) atoms. The molecule has 3 aromatic rings. The highest BCUT2D eigenvalue weighted by molar-refractivity contribution is 6.07. The van der Waals surface area contributed by atoms with Gasteiger partial charge in [-0.1, -0.05) is 19.1 Å². The summed E-state index contributed by atoms with van der Waals surface area (Å²) in [4.78, 5) is 31.1. The third-order valence-electron chi connectivity index (χ3n) is 3.75. The summed E-state index contributed by atoms with van der Waals surface area (Å²) in [5.41, 5.74) is 2.31. The number of aromatic nitrogens is 2. The quantitative estimate of drug-likeness (QED) is 0.667. The number of hydrogen-bond acceptors (Lipinski definition) is 3. The lowest BCUT2D eigenvalue weighted by atomic mass is 10.2. The molecule has 7 heteroatoms. The van der Waals surface area contributed by atoms with Crippen LogP contribution in [0.4, 0.5) is 10.1 Å². The number of rotatable bonds is 5. The van der Waals surface area contributed by atoms with Crippen LogP contribution in [0.2, 0.25) is 0 Å². The van der Waals surface area contributed by atoms with E-state index in [9.17, 15) is 14.0 Å². The van der Waals surface area contributed by atoms with Gasteiger partial charge in [0.25, 0.3) is 5.91 Å². The maximum absolute atomic E-state index is 12.9. The summed E-state index contributed by atoms with van der Waals surface area (Å²) in [6, 6.07) is 7.63. The average molecular weight is 340 g/mol. The molecule has 0 fully saturated rings. The number of H-pyrrole nitrogens is 1. The zero-order chi connectivity index (χ0) is 17.8. The van der Waals surface area contributed by atoms with Gasteiger partial charge in [0.2, 0.25) is 5.91 Å². The summed E-state index contributed by atoms with van der Waals surface area (Å²) in [6.07, 6.45) is 3.46. The van der Waals surface area contributed by atoms with Crippen molar-refractivity contribution in [2.45, 2.75) is 19.9 Å². The number of amides is 2. The van der Waals surface area contributed by atoms with E-state index in [2.05, 4.69) is 20.6 Å². The molecule has 2 aromatic heterocycles. The number of pyridine rings is 1. The monoisotopic (exact) mass is 340 g/mol. The van der Waals surface area contributed by atoms with Gasteiger partial charge in [0, 0.05) is 24.5 Å². The molecule has 0 aliphatic rings. The second kappa shape index (κ2) is 7.12. The highest BCUT2D eigenvalue weighted by Gasteiger charge is 2.13. The van der Waals surface area contributed by atoms with Crippen LogP contribution >= 0.6 is 0 Å². The van der Waals surface area contributed by atoms with Gasteiger partial charge in [0.05, 0.1) is 17.4 Å². The molecule has 0 bridgehead atoms. The number of hydrogen-bond donors (Lipinski definition) is 3. The van der Waals surface area contributed by atoms with Crippen LogP contribution < -0.4 is 10.6 Å². The second-order valence-electron chi connectivity index (χ2n) is 5.53. The van der Waals surface area contributed by atoms with E-state index in [1.807, 2.05) is 0 Å². The van der Waals surface area contributed by atoms with E-state index in [4.69, 9.17) is 0 Å². The number of nitrogens with one attached hydrogen (secondary N) is 3. The Hall–Kier alpha value is -3.22. The molecule has 0 spiro atoms. The van der Waals surface area contributed by atoms with Crippen LogP contribution in [0.1, 0.15) is 29.3 Å². The fourth-order valence-corrected chi connectivity index (χ4v) is 2.39. The van der Waals surface area contributed by atoms with Crippen molar-refractivity contribution in [3.63, 3.8) is 0 Å². The molecule has 0 radical (unpaired) electrons. The Balaban J connectivity index is 1.77. The molecule has 3 rings (SSSR count). The molecule has 2 heterocycles. The lowest BCUT2D eigenvalue weighted by Gasteiger charge is -2.06. The molecular formula is C18H17FN4O2. The Labute approximate surface area is 143 Å². The third kappa shape index (κ3) is 3.82. The average Bonchev–Trinajstić information content (AvgIpc) is 3.04. The molecular weight excluding hydrogens is 323 g/mol. The van der Waals surface area contributed by atoms with Crippen LogP contribution in [0.25, 0.3) is 11.0 Å². The summed E-state index contributed by atoms with van der Waals surface area (Å²) in [6.45, 7) is 2.04. The topological polar surface area (TPSA) is 86.9 Å². The van der Waals surface area contributed by atoms with Crippen LogP contribution in [0.5, 0.6) is 0 Å². The highest BCUT2D eigenvalue weighted by Crippen LogP contribution is 2.20. The van der Waals surface area contributed by atoms with Crippen molar-refractivity contribution in [2.75, 3.05) is 5.32 Å². The smallest absolute Gasteiger partial charge is 0.253 e. The summed E-state index contributed by atoms with van der Waals surface area (Å²) in [7, 11) is 0. The minimum Gasteiger partial charge on any atom is -0.348 e. The summed E-state index contributed by atoms with van der Waals surface area (Å²) in [5.74, 6) is -0.727. The van der Waals surface area contributed by atoms with Crippen LogP contribution in [-0.4, -0.2) is 21.8 Å². The maximum Gasteiger partial charge on any atom is 0.253 e. The van der Waals surface area contributed by atoms with E-state index in [1.165, 1.54) is 18.3 Å². The second-order valence-corrected chi connectivity index (χ2v) is 5.53. The van der Waals surface area contributed by atoms with Crippen molar-refractivity contribution in [1.29, 1.82) is 0 Å². The molecule has 0 saturated heterocycles. The molecule has 3 N–H and O–H groups in total. The van der Waals surface area contributed by atoms with Gasteiger partial charge < -0.3 is 15.6 Å². The first-order valence-corrected chi connectivity index (χ1v) is 7.86. The van der Waals surface area contributed by atoms with E-state index >= 15 is 0 Å². The maximum atomic E-state index is 12.9. The minimum absolute atomic E-state index is 0.126. The predicted molar refractivity (Wildman–Crippen MR) is 92.6 cm³/mol. The number of anilines is 1. The number of halogens is 1. The summed E-state index contributed by atoms with van der Waals surface area (Å²) < 4.78 is 12.9. The van der Waals surface area contributed by atoms with E-state index in [-0.39, 0.29) is 24.2 Å². The molecule has 128 valence electrons. The van der Waals surface area contributed by atoms with Gasteiger partial charge in [-0.15, -0.1) is 0 Å². The molecule has 0 aliphatic heterocycles. The van der Waals surface area contributed by atoms with Gasteiger partial charge in [0.15, 0.2) is 0 Å². The van der Waals surface area contributed by atoms with Gasteiger partial charge in [-0.05, 0) is 23.8 Å². The lowest BCUT2D eigenvalue weighted by Crippen LogP contribution is -2.22. The van der Waals surface area contributed by atoms with Gasteiger partial charge in [-0.2, -0.15) is 0 Å². The van der Waals surface area contributed by atoms with Crippen molar-refractivity contribution < 1.29 is 14.0 Å². The number of carbonyl (C=O) groups is 2. The zero-order valence-corrected chi connectivity index (χ0v) is 13.6. The van der Waals surface area contributed by atoms with Gasteiger partial charge in [0.1, 0.15) is 11.5 Å². The van der Waals surface area contributed by atoms with E-state index < -0.39 is 0 Å². The Morgan fingerprint density at radius 2 is 2.00 bits per heavy atom. The standard InChI is InChI=1S/C18H17FN4O2/c1-2-16(24)23-13-7-14-15(10-21-17(14)20-9-13)18(25)22-8-11-3-5-12(19)6-4-11/h3-7,9-10H,2,8H2,1H3,(H,20,21)(H,22,25)(H,23,24). The van der Waals surface area contributed by atoms with Crippen molar-refractivity contribution >= 4 is 28.5 Å². The van der Waals surface area contributed by atoms with Gasteiger partial charge in [-0.3, -0.25) is 9.59 Å². The Morgan fingerprint density at radius 3 is 2.72 bits per heavy atom. The molecule has 0 aliphatic carbocycles.